The topological polar surface area (TPSA) is 18.0 Å². The summed E-state index contributed by atoms with van der Waals surface area (Å²) in [4.78, 5) is 0. The van der Waals surface area contributed by atoms with Crippen molar-refractivity contribution in [3.05, 3.63) is 43.0 Å². The van der Waals surface area contributed by atoms with E-state index < -0.39 is 0 Å². The van der Waals surface area contributed by atoms with Crippen LogP contribution in [0.2, 0.25) is 0 Å². The first kappa shape index (κ1) is 10.7. The summed E-state index contributed by atoms with van der Waals surface area (Å²) >= 11 is 0. The largest absolute Gasteiger partial charge is 0.489 e. The normalized spacial score (nSPS) is 10.4. The number of hydrogen-bond acceptors (Lipinski definition) is 1. The maximum absolute atomic E-state index is 5.60. The molecule has 0 saturated carbocycles. The minimum atomic E-state index is 0.687. The second-order valence-corrected chi connectivity index (χ2v) is 3.55. The van der Waals surface area contributed by atoms with Crippen molar-refractivity contribution in [3.8, 4) is 11.4 Å². The Bertz CT molecular complexity index is 462. The molecule has 3 nitrogen and oxygen atoms in total. The molecule has 0 saturated heterocycles. The van der Waals surface area contributed by atoms with Crippen molar-refractivity contribution in [2.45, 2.75) is 20.4 Å². The van der Waals surface area contributed by atoms with Crippen LogP contribution in [0, 0.1) is 0 Å². The van der Waals surface area contributed by atoms with E-state index in [1.165, 1.54) is 0 Å². The molecule has 3 heteroatoms. The molecule has 2 aromatic rings. The monoisotopic (exact) mass is 217 g/mol. The summed E-state index contributed by atoms with van der Waals surface area (Å²) in [5, 5.41) is 0. The Morgan fingerprint density at radius 3 is 2.75 bits per heavy atom. The number of aromatic nitrogens is 2. The van der Waals surface area contributed by atoms with Gasteiger partial charge in [-0.25, -0.2) is 4.57 Å². The first-order chi connectivity index (χ1) is 7.85. The molecule has 0 aliphatic heterocycles. The van der Waals surface area contributed by atoms with Crippen LogP contribution in [0.5, 0.6) is 5.75 Å². The van der Waals surface area contributed by atoms with Crippen molar-refractivity contribution in [1.29, 1.82) is 0 Å². The van der Waals surface area contributed by atoms with Gasteiger partial charge in [-0.1, -0.05) is 12.1 Å². The van der Waals surface area contributed by atoms with Crippen molar-refractivity contribution < 1.29 is 9.30 Å². The van der Waals surface area contributed by atoms with E-state index >= 15 is 0 Å². The zero-order chi connectivity index (χ0) is 11.4. The quantitative estimate of drug-likeness (QED) is 0.718. The SMILES string of the molecule is CCOc1ccccc1-n1cc[n+](CC)c1. The smallest absolute Gasteiger partial charge is 0.249 e. The zero-order valence-electron chi connectivity index (χ0n) is 9.76. The van der Waals surface area contributed by atoms with Crippen LogP contribution in [0.1, 0.15) is 13.8 Å². The van der Waals surface area contributed by atoms with Crippen molar-refractivity contribution in [3.63, 3.8) is 0 Å². The third kappa shape index (κ3) is 2.08. The zero-order valence-corrected chi connectivity index (χ0v) is 9.76. The lowest BCUT2D eigenvalue weighted by atomic mass is 10.3. The third-order valence-corrected chi connectivity index (χ3v) is 2.50. The molecular weight excluding hydrogens is 200 g/mol. The number of hydrogen-bond donors (Lipinski definition) is 0. The maximum Gasteiger partial charge on any atom is 0.249 e. The van der Waals surface area contributed by atoms with Crippen LogP contribution in [0.25, 0.3) is 5.69 Å². The Labute approximate surface area is 95.9 Å². The minimum Gasteiger partial charge on any atom is -0.489 e. The standard InChI is InChI=1S/C13H17N2O/c1-3-14-9-10-15(11-14)12-7-5-6-8-13(12)16-4-2/h5-11H,3-4H2,1-2H3/q+1. The summed E-state index contributed by atoms with van der Waals surface area (Å²) in [6, 6.07) is 8.07. The molecule has 0 atom stereocenters. The first-order valence-corrected chi connectivity index (χ1v) is 5.64. The lowest BCUT2D eigenvalue weighted by molar-refractivity contribution is -0.692. The van der Waals surface area contributed by atoms with Crippen molar-refractivity contribution in [2.75, 3.05) is 6.61 Å². The number of rotatable bonds is 4. The number of ether oxygens (including phenoxy) is 1. The summed E-state index contributed by atoms with van der Waals surface area (Å²) in [6.07, 6.45) is 6.17. The number of aryl methyl sites for hydroxylation is 1. The second-order valence-electron chi connectivity index (χ2n) is 3.55. The number of nitrogens with zero attached hydrogens (tertiary/aromatic N) is 2. The highest BCUT2D eigenvalue weighted by atomic mass is 16.5. The fraction of sp³-hybridized carbons (Fsp3) is 0.308. The molecule has 0 spiro atoms. The lowest BCUT2D eigenvalue weighted by Gasteiger charge is -2.05. The molecule has 0 aliphatic carbocycles. The average molecular weight is 217 g/mol. The molecule has 0 aliphatic rings. The fourth-order valence-electron chi connectivity index (χ4n) is 1.67. The number of benzene rings is 1. The second kappa shape index (κ2) is 4.84. The van der Waals surface area contributed by atoms with Crippen LogP contribution in [0.4, 0.5) is 0 Å². The van der Waals surface area contributed by atoms with E-state index in [1.807, 2.05) is 31.3 Å². The Hall–Kier alpha value is -1.77. The molecule has 2 rings (SSSR count). The summed E-state index contributed by atoms with van der Waals surface area (Å²) in [7, 11) is 0. The predicted octanol–water partition coefficient (Wildman–Crippen LogP) is 2.18. The van der Waals surface area contributed by atoms with Crippen LogP contribution in [0.3, 0.4) is 0 Å². The fourth-order valence-corrected chi connectivity index (χ4v) is 1.67. The van der Waals surface area contributed by atoms with Gasteiger partial charge in [0.25, 0.3) is 0 Å². The molecule has 1 heterocycles. The molecule has 0 N–H and O–H groups in total. The molecule has 1 aromatic heterocycles. The highest BCUT2D eigenvalue weighted by Gasteiger charge is 2.10. The van der Waals surface area contributed by atoms with Gasteiger partial charge in [0.15, 0.2) is 11.4 Å². The molecule has 1 aromatic carbocycles. The Morgan fingerprint density at radius 1 is 1.25 bits per heavy atom. The van der Waals surface area contributed by atoms with Gasteiger partial charge >= 0.3 is 0 Å². The van der Waals surface area contributed by atoms with Gasteiger partial charge in [-0.15, -0.1) is 0 Å². The Morgan fingerprint density at radius 2 is 2.06 bits per heavy atom. The van der Waals surface area contributed by atoms with Gasteiger partial charge in [0, 0.05) is 0 Å². The predicted molar refractivity (Wildman–Crippen MR) is 62.8 cm³/mol. The Balaban J connectivity index is 2.38. The van der Waals surface area contributed by atoms with E-state index in [-0.39, 0.29) is 0 Å². The first-order valence-electron chi connectivity index (χ1n) is 5.64. The van der Waals surface area contributed by atoms with Gasteiger partial charge in [-0.05, 0) is 26.0 Å². The van der Waals surface area contributed by atoms with Crippen LogP contribution in [0.15, 0.2) is 43.0 Å². The van der Waals surface area contributed by atoms with Gasteiger partial charge in [0.1, 0.15) is 12.4 Å². The van der Waals surface area contributed by atoms with Crippen molar-refractivity contribution in [1.82, 2.24) is 4.57 Å². The third-order valence-electron chi connectivity index (χ3n) is 2.50. The van der Waals surface area contributed by atoms with Crippen LogP contribution < -0.4 is 9.30 Å². The van der Waals surface area contributed by atoms with Gasteiger partial charge in [-0.2, -0.15) is 4.57 Å². The number of para-hydroxylation sites is 2. The Kier molecular flexibility index (Phi) is 3.25. The molecule has 0 unspecified atom stereocenters. The number of imidazole rings is 1. The highest BCUT2D eigenvalue weighted by molar-refractivity contribution is 5.46. The minimum absolute atomic E-state index is 0.687. The van der Waals surface area contributed by atoms with Gasteiger partial charge in [0.2, 0.25) is 6.33 Å². The summed E-state index contributed by atoms with van der Waals surface area (Å²) < 4.78 is 9.81. The molecule has 16 heavy (non-hydrogen) atoms. The van der Waals surface area contributed by atoms with E-state index in [9.17, 15) is 0 Å². The van der Waals surface area contributed by atoms with Gasteiger partial charge in [0.05, 0.1) is 13.2 Å². The molecule has 0 bridgehead atoms. The highest BCUT2D eigenvalue weighted by Crippen LogP contribution is 2.21. The lowest BCUT2D eigenvalue weighted by Crippen LogP contribution is -2.28. The van der Waals surface area contributed by atoms with Gasteiger partial charge < -0.3 is 4.74 Å². The van der Waals surface area contributed by atoms with E-state index in [2.05, 4.69) is 34.6 Å². The van der Waals surface area contributed by atoms with Crippen LogP contribution >= 0.6 is 0 Å². The summed E-state index contributed by atoms with van der Waals surface area (Å²) in [5.74, 6) is 0.920. The summed E-state index contributed by atoms with van der Waals surface area (Å²) in [5.41, 5.74) is 1.08. The average Bonchev–Trinajstić information content (AvgIpc) is 2.79. The van der Waals surface area contributed by atoms with Crippen LogP contribution in [-0.2, 0) is 6.54 Å². The van der Waals surface area contributed by atoms with Crippen LogP contribution in [-0.4, -0.2) is 11.2 Å². The van der Waals surface area contributed by atoms with E-state index in [0.29, 0.717) is 6.61 Å². The summed E-state index contributed by atoms with van der Waals surface area (Å²) in [6.45, 7) is 5.79. The van der Waals surface area contributed by atoms with E-state index in [0.717, 1.165) is 18.0 Å². The molecule has 0 fully saturated rings. The van der Waals surface area contributed by atoms with Crippen molar-refractivity contribution >= 4 is 0 Å². The maximum atomic E-state index is 5.60. The molecule has 0 amide bonds. The molecular formula is C13H17N2O+. The van der Waals surface area contributed by atoms with Gasteiger partial charge in [-0.3, -0.25) is 0 Å². The molecule has 84 valence electrons. The van der Waals surface area contributed by atoms with E-state index in [4.69, 9.17) is 4.74 Å². The van der Waals surface area contributed by atoms with E-state index in [1.54, 1.807) is 0 Å². The molecule has 0 radical (unpaired) electrons. The van der Waals surface area contributed by atoms with Crippen molar-refractivity contribution in [2.24, 2.45) is 0 Å².